The molecule has 1 saturated carbocycles. The highest BCUT2D eigenvalue weighted by Gasteiger charge is 2.40. The highest BCUT2D eigenvalue weighted by molar-refractivity contribution is 4.97. The summed E-state index contributed by atoms with van der Waals surface area (Å²) < 4.78 is 0. The lowest BCUT2D eigenvalue weighted by Gasteiger charge is -2.26. The summed E-state index contributed by atoms with van der Waals surface area (Å²) in [5.74, 6) is 0. The number of hydrogen-bond donors (Lipinski definition) is 0. The molecule has 1 heteroatoms. The molecule has 0 aromatic rings. The number of rotatable bonds is 2. The monoisotopic (exact) mass is 179 g/mol. The van der Waals surface area contributed by atoms with Crippen LogP contribution in [0.25, 0.3) is 0 Å². The van der Waals surface area contributed by atoms with E-state index in [0.29, 0.717) is 6.04 Å². The van der Waals surface area contributed by atoms with Gasteiger partial charge in [-0.1, -0.05) is 18.9 Å². The van der Waals surface area contributed by atoms with Crippen molar-refractivity contribution in [3.8, 4) is 0 Å². The van der Waals surface area contributed by atoms with Gasteiger partial charge in [-0.15, -0.1) is 6.58 Å². The van der Waals surface area contributed by atoms with Gasteiger partial charge < -0.3 is 0 Å². The lowest BCUT2D eigenvalue weighted by Crippen LogP contribution is -2.31. The van der Waals surface area contributed by atoms with Crippen molar-refractivity contribution in [3.05, 3.63) is 12.7 Å². The molecule has 1 aliphatic carbocycles. The molecule has 1 atom stereocenters. The Morgan fingerprint density at radius 3 is 2.62 bits per heavy atom. The maximum Gasteiger partial charge on any atom is 0.0247 e. The van der Waals surface area contributed by atoms with Gasteiger partial charge in [-0.3, -0.25) is 4.90 Å². The summed E-state index contributed by atoms with van der Waals surface area (Å²) in [6.07, 6.45) is 9.41. The van der Waals surface area contributed by atoms with Crippen molar-refractivity contribution in [2.75, 3.05) is 13.1 Å². The second-order valence-corrected chi connectivity index (χ2v) is 4.90. The van der Waals surface area contributed by atoms with Crippen LogP contribution in [0.1, 0.15) is 39.0 Å². The number of nitrogens with zero attached hydrogens (tertiary/aromatic N) is 1. The minimum Gasteiger partial charge on any atom is -0.297 e. The van der Waals surface area contributed by atoms with E-state index in [0.717, 1.165) is 5.41 Å². The largest absolute Gasteiger partial charge is 0.297 e. The van der Waals surface area contributed by atoms with Crippen LogP contribution in [0.2, 0.25) is 0 Å². The first-order chi connectivity index (χ1) is 6.26. The fourth-order valence-electron chi connectivity index (χ4n) is 3.00. The van der Waals surface area contributed by atoms with E-state index in [9.17, 15) is 0 Å². The summed E-state index contributed by atoms with van der Waals surface area (Å²) in [7, 11) is 0. The first-order valence-electron chi connectivity index (χ1n) is 5.62. The molecule has 1 heterocycles. The molecule has 0 aromatic heterocycles. The quantitative estimate of drug-likeness (QED) is 0.589. The summed E-state index contributed by atoms with van der Waals surface area (Å²) in [6.45, 7) is 8.78. The van der Waals surface area contributed by atoms with Crippen LogP contribution in [0.4, 0.5) is 0 Å². The SMILES string of the molecule is C=CC(C)N1CCC2(CCCC2)C1. The summed E-state index contributed by atoms with van der Waals surface area (Å²) in [5.41, 5.74) is 0.720. The van der Waals surface area contributed by atoms with Crippen molar-refractivity contribution in [1.82, 2.24) is 4.90 Å². The molecule has 1 saturated heterocycles. The Morgan fingerprint density at radius 1 is 1.31 bits per heavy atom. The summed E-state index contributed by atoms with van der Waals surface area (Å²) in [5, 5.41) is 0. The average Bonchev–Trinajstić information content (AvgIpc) is 2.76. The Balaban J connectivity index is 1.96. The van der Waals surface area contributed by atoms with E-state index in [1.54, 1.807) is 0 Å². The van der Waals surface area contributed by atoms with E-state index in [1.165, 1.54) is 45.2 Å². The van der Waals surface area contributed by atoms with Crippen molar-refractivity contribution in [2.24, 2.45) is 5.41 Å². The van der Waals surface area contributed by atoms with Gasteiger partial charge in [0, 0.05) is 12.6 Å². The zero-order valence-electron chi connectivity index (χ0n) is 8.76. The van der Waals surface area contributed by atoms with Gasteiger partial charge in [0.2, 0.25) is 0 Å². The molecular weight excluding hydrogens is 158 g/mol. The van der Waals surface area contributed by atoms with Crippen molar-refractivity contribution < 1.29 is 0 Å². The van der Waals surface area contributed by atoms with Gasteiger partial charge in [0.15, 0.2) is 0 Å². The molecule has 1 nitrogen and oxygen atoms in total. The Kier molecular flexibility index (Phi) is 2.46. The van der Waals surface area contributed by atoms with Crippen LogP contribution >= 0.6 is 0 Å². The molecule has 2 aliphatic rings. The van der Waals surface area contributed by atoms with Gasteiger partial charge in [-0.2, -0.15) is 0 Å². The van der Waals surface area contributed by atoms with Gasteiger partial charge >= 0.3 is 0 Å². The highest BCUT2D eigenvalue weighted by Crippen LogP contribution is 2.45. The molecule has 0 bridgehead atoms. The maximum atomic E-state index is 3.88. The average molecular weight is 179 g/mol. The lowest BCUT2D eigenvalue weighted by atomic mass is 9.86. The van der Waals surface area contributed by atoms with Crippen molar-refractivity contribution in [2.45, 2.75) is 45.1 Å². The van der Waals surface area contributed by atoms with E-state index >= 15 is 0 Å². The highest BCUT2D eigenvalue weighted by atomic mass is 15.2. The van der Waals surface area contributed by atoms with Crippen LogP contribution in [0.15, 0.2) is 12.7 Å². The molecule has 2 fully saturated rings. The normalized spacial score (nSPS) is 29.6. The fraction of sp³-hybridized carbons (Fsp3) is 0.833. The van der Waals surface area contributed by atoms with Gasteiger partial charge in [0.1, 0.15) is 0 Å². The predicted molar refractivity (Wildman–Crippen MR) is 56.8 cm³/mol. The predicted octanol–water partition coefficient (Wildman–Crippen LogP) is 2.83. The molecule has 1 aliphatic heterocycles. The second kappa shape index (κ2) is 3.45. The topological polar surface area (TPSA) is 3.24 Å². The zero-order valence-corrected chi connectivity index (χ0v) is 8.76. The third-order valence-corrected chi connectivity index (χ3v) is 4.05. The van der Waals surface area contributed by atoms with E-state index in [4.69, 9.17) is 0 Å². The van der Waals surface area contributed by atoms with Gasteiger partial charge in [-0.25, -0.2) is 0 Å². The minimum atomic E-state index is 0.583. The van der Waals surface area contributed by atoms with Crippen LogP contribution < -0.4 is 0 Å². The number of likely N-dealkylation sites (tertiary alicyclic amines) is 1. The Hall–Kier alpha value is -0.300. The third-order valence-electron chi connectivity index (χ3n) is 4.05. The zero-order chi connectivity index (χ0) is 9.31. The molecule has 0 radical (unpaired) electrons. The first kappa shape index (κ1) is 9.26. The molecule has 13 heavy (non-hydrogen) atoms. The standard InChI is InChI=1S/C12H21N/c1-3-11(2)13-9-8-12(10-13)6-4-5-7-12/h3,11H,1,4-10H2,2H3. The summed E-state index contributed by atoms with van der Waals surface area (Å²) in [6, 6.07) is 0.583. The van der Waals surface area contributed by atoms with Gasteiger partial charge in [0.25, 0.3) is 0 Å². The number of hydrogen-bond acceptors (Lipinski definition) is 1. The molecule has 0 amide bonds. The Bertz CT molecular complexity index is 191. The molecular formula is C12H21N. The second-order valence-electron chi connectivity index (χ2n) is 4.90. The van der Waals surface area contributed by atoms with Gasteiger partial charge in [-0.05, 0) is 38.1 Å². The third kappa shape index (κ3) is 1.67. The lowest BCUT2D eigenvalue weighted by molar-refractivity contribution is 0.240. The molecule has 1 spiro atoms. The first-order valence-corrected chi connectivity index (χ1v) is 5.62. The van der Waals surface area contributed by atoms with Crippen molar-refractivity contribution in [1.29, 1.82) is 0 Å². The van der Waals surface area contributed by atoms with E-state index < -0.39 is 0 Å². The molecule has 0 N–H and O–H groups in total. The summed E-state index contributed by atoms with van der Waals surface area (Å²) in [4.78, 5) is 2.60. The molecule has 1 unspecified atom stereocenters. The smallest absolute Gasteiger partial charge is 0.0247 e. The van der Waals surface area contributed by atoms with Crippen LogP contribution in [0, 0.1) is 5.41 Å². The minimum absolute atomic E-state index is 0.583. The van der Waals surface area contributed by atoms with Crippen LogP contribution in [-0.2, 0) is 0 Å². The maximum absolute atomic E-state index is 3.88. The molecule has 74 valence electrons. The van der Waals surface area contributed by atoms with Crippen LogP contribution in [-0.4, -0.2) is 24.0 Å². The van der Waals surface area contributed by atoms with E-state index in [-0.39, 0.29) is 0 Å². The Morgan fingerprint density at radius 2 is 2.00 bits per heavy atom. The van der Waals surface area contributed by atoms with Crippen molar-refractivity contribution in [3.63, 3.8) is 0 Å². The van der Waals surface area contributed by atoms with Crippen LogP contribution in [0.5, 0.6) is 0 Å². The molecule has 2 rings (SSSR count). The molecule has 0 aromatic carbocycles. The Labute approximate surface area is 81.8 Å². The van der Waals surface area contributed by atoms with E-state index in [2.05, 4.69) is 24.5 Å². The summed E-state index contributed by atoms with van der Waals surface area (Å²) >= 11 is 0. The van der Waals surface area contributed by atoms with Crippen molar-refractivity contribution >= 4 is 0 Å². The van der Waals surface area contributed by atoms with Gasteiger partial charge in [0.05, 0.1) is 0 Å². The fourth-order valence-corrected chi connectivity index (χ4v) is 3.00. The van der Waals surface area contributed by atoms with E-state index in [1.807, 2.05) is 0 Å². The van der Waals surface area contributed by atoms with Crippen LogP contribution in [0.3, 0.4) is 0 Å².